The molecular formula is C21H27NO3. The van der Waals surface area contributed by atoms with Gasteiger partial charge in [0.2, 0.25) is 0 Å². The van der Waals surface area contributed by atoms with Crippen LogP contribution in [0.25, 0.3) is 0 Å². The first-order valence-corrected chi connectivity index (χ1v) is 8.63. The minimum absolute atomic E-state index is 0.124. The predicted octanol–water partition coefficient (Wildman–Crippen LogP) is 4.35. The Balaban J connectivity index is 2.09. The van der Waals surface area contributed by atoms with Crippen molar-refractivity contribution in [2.45, 2.75) is 46.3 Å². The molecule has 0 heterocycles. The Morgan fingerprint density at radius 2 is 1.84 bits per heavy atom. The molecule has 0 aliphatic carbocycles. The summed E-state index contributed by atoms with van der Waals surface area (Å²) in [5.41, 5.74) is 3.15. The van der Waals surface area contributed by atoms with Gasteiger partial charge in [-0.05, 0) is 44.9 Å². The van der Waals surface area contributed by atoms with Crippen LogP contribution in [0.3, 0.4) is 0 Å². The molecule has 2 unspecified atom stereocenters. The number of rotatable bonds is 7. The summed E-state index contributed by atoms with van der Waals surface area (Å²) in [6.07, 6.45) is 0.0659. The fourth-order valence-corrected chi connectivity index (χ4v) is 2.82. The van der Waals surface area contributed by atoms with Crippen molar-refractivity contribution in [2.24, 2.45) is 0 Å². The maximum Gasteiger partial charge on any atom is 0.261 e. The summed E-state index contributed by atoms with van der Waals surface area (Å²) < 4.78 is 11.3. The third-order valence-electron chi connectivity index (χ3n) is 4.23. The first kappa shape index (κ1) is 18.8. The van der Waals surface area contributed by atoms with Gasteiger partial charge in [0.05, 0.1) is 13.2 Å². The second-order valence-electron chi connectivity index (χ2n) is 6.26. The molecule has 2 aromatic rings. The Morgan fingerprint density at radius 1 is 1.12 bits per heavy atom. The Morgan fingerprint density at radius 3 is 2.48 bits per heavy atom. The average molecular weight is 341 g/mol. The second kappa shape index (κ2) is 8.56. The Bertz CT molecular complexity index is 727. The van der Waals surface area contributed by atoms with Gasteiger partial charge < -0.3 is 14.8 Å². The lowest BCUT2D eigenvalue weighted by molar-refractivity contribution is -0.128. The summed E-state index contributed by atoms with van der Waals surface area (Å²) in [6, 6.07) is 13.5. The number of hydrogen-bond donors (Lipinski definition) is 1. The van der Waals surface area contributed by atoms with Crippen LogP contribution >= 0.6 is 0 Å². The smallest absolute Gasteiger partial charge is 0.261 e. The van der Waals surface area contributed by atoms with E-state index in [2.05, 4.69) is 11.4 Å². The Kier molecular flexibility index (Phi) is 6.45. The van der Waals surface area contributed by atoms with Crippen LogP contribution in [0.4, 0.5) is 0 Å². The third-order valence-corrected chi connectivity index (χ3v) is 4.23. The van der Waals surface area contributed by atoms with Crippen LogP contribution < -0.4 is 14.8 Å². The van der Waals surface area contributed by atoms with Crippen molar-refractivity contribution in [1.29, 1.82) is 0 Å². The number of aryl methyl sites for hydroxylation is 2. The van der Waals surface area contributed by atoms with Gasteiger partial charge in [-0.3, -0.25) is 4.79 Å². The number of amides is 1. The van der Waals surface area contributed by atoms with E-state index in [1.54, 1.807) is 7.11 Å². The molecule has 2 aromatic carbocycles. The molecular weight excluding hydrogens is 314 g/mol. The summed E-state index contributed by atoms with van der Waals surface area (Å²) in [4.78, 5) is 12.7. The van der Waals surface area contributed by atoms with Gasteiger partial charge in [-0.25, -0.2) is 0 Å². The number of benzene rings is 2. The first-order chi connectivity index (χ1) is 12.0. The highest BCUT2D eigenvalue weighted by Crippen LogP contribution is 2.25. The highest BCUT2D eigenvalue weighted by molar-refractivity contribution is 5.81. The van der Waals surface area contributed by atoms with E-state index in [9.17, 15) is 4.79 Å². The summed E-state index contributed by atoms with van der Waals surface area (Å²) >= 11 is 0. The summed E-state index contributed by atoms with van der Waals surface area (Å²) in [5.74, 6) is 1.39. The highest BCUT2D eigenvalue weighted by atomic mass is 16.5. The maximum absolute atomic E-state index is 12.7. The molecule has 0 saturated carbocycles. The molecule has 0 aliphatic rings. The van der Waals surface area contributed by atoms with Crippen molar-refractivity contribution in [3.05, 3.63) is 59.2 Å². The van der Waals surface area contributed by atoms with Crippen LogP contribution in [-0.4, -0.2) is 19.1 Å². The minimum atomic E-state index is -0.529. The van der Waals surface area contributed by atoms with E-state index in [-0.39, 0.29) is 11.9 Å². The third kappa shape index (κ3) is 4.75. The van der Waals surface area contributed by atoms with Crippen LogP contribution in [0.5, 0.6) is 11.5 Å². The molecule has 2 atom stereocenters. The van der Waals surface area contributed by atoms with Gasteiger partial charge in [0.15, 0.2) is 6.10 Å². The van der Waals surface area contributed by atoms with Crippen molar-refractivity contribution >= 4 is 5.91 Å². The highest BCUT2D eigenvalue weighted by Gasteiger charge is 2.22. The number of methoxy groups -OCH3 is 1. The van der Waals surface area contributed by atoms with E-state index < -0.39 is 6.10 Å². The number of ether oxygens (including phenoxy) is 2. The molecule has 0 bridgehead atoms. The van der Waals surface area contributed by atoms with Crippen molar-refractivity contribution in [2.75, 3.05) is 7.11 Å². The van der Waals surface area contributed by atoms with Crippen molar-refractivity contribution in [3.8, 4) is 11.5 Å². The van der Waals surface area contributed by atoms with Gasteiger partial charge in [0.1, 0.15) is 11.5 Å². The molecule has 4 nitrogen and oxygen atoms in total. The second-order valence-corrected chi connectivity index (χ2v) is 6.26. The Hall–Kier alpha value is -2.49. The van der Waals surface area contributed by atoms with Crippen LogP contribution in [0.15, 0.2) is 42.5 Å². The average Bonchev–Trinajstić information content (AvgIpc) is 2.60. The first-order valence-electron chi connectivity index (χ1n) is 8.63. The molecule has 134 valence electrons. The molecule has 0 fully saturated rings. The number of hydrogen-bond acceptors (Lipinski definition) is 3. The summed E-state index contributed by atoms with van der Waals surface area (Å²) in [7, 11) is 1.63. The largest absolute Gasteiger partial charge is 0.496 e. The van der Waals surface area contributed by atoms with Gasteiger partial charge in [-0.2, -0.15) is 0 Å². The summed E-state index contributed by atoms with van der Waals surface area (Å²) in [5, 5.41) is 3.03. The van der Waals surface area contributed by atoms with E-state index in [1.165, 1.54) is 5.56 Å². The molecule has 0 radical (unpaired) electrons. The van der Waals surface area contributed by atoms with Gasteiger partial charge in [-0.15, -0.1) is 0 Å². The molecule has 0 spiro atoms. The van der Waals surface area contributed by atoms with Crippen LogP contribution in [0.2, 0.25) is 0 Å². The molecule has 0 saturated heterocycles. The monoisotopic (exact) mass is 341 g/mol. The van der Waals surface area contributed by atoms with Gasteiger partial charge in [-0.1, -0.05) is 42.8 Å². The fraction of sp³-hybridized carbons (Fsp3) is 0.381. The molecule has 2 rings (SSSR count). The molecule has 1 amide bonds. The molecule has 1 N–H and O–H groups in total. The van der Waals surface area contributed by atoms with Crippen molar-refractivity contribution in [3.63, 3.8) is 0 Å². The number of carbonyl (C=O) groups excluding carboxylic acids is 1. The van der Waals surface area contributed by atoms with Crippen molar-refractivity contribution < 1.29 is 14.3 Å². The lowest BCUT2D eigenvalue weighted by Crippen LogP contribution is -2.39. The van der Waals surface area contributed by atoms with Crippen molar-refractivity contribution in [1.82, 2.24) is 5.32 Å². The normalized spacial score (nSPS) is 13.0. The molecule has 0 aliphatic heterocycles. The molecule has 25 heavy (non-hydrogen) atoms. The topological polar surface area (TPSA) is 47.6 Å². The standard InChI is InChI=1S/C21H27NO3/c1-6-18(25-19-12-11-14(2)13-15(19)3)21(23)22-16(4)17-9-7-8-10-20(17)24-5/h7-13,16,18H,6H2,1-5H3,(H,22,23). The SMILES string of the molecule is CCC(Oc1ccc(C)cc1C)C(=O)NC(C)c1ccccc1OC. The number of para-hydroxylation sites is 1. The van der Waals surface area contributed by atoms with E-state index in [1.807, 2.05) is 64.1 Å². The molecule has 4 heteroatoms. The lowest BCUT2D eigenvalue weighted by atomic mass is 10.1. The fourth-order valence-electron chi connectivity index (χ4n) is 2.82. The minimum Gasteiger partial charge on any atom is -0.496 e. The Labute approximate surface area is 150 Å². The maximum atomic E-state index is 12.7. The zero-order valence-electron chi connectivity index (χ0n) is 15.6. The number of nitrogens with one attached hydrogen (secondary N) is 1. The zero-order valence-corrected chi connectivity index (χ0v) is 15.6. The van der Waals surface area contributed by atoms with Gasteiger partial charge in [0, 0.05) is 5.56 Å². The zero-order chi connectivity index (χ0) is 18.4. The lowest BCUT2D eigenvalue weighted by Gasteiger charge is -2.22. The van der Waals surface area contributed by atoms with Crippen LogP contribution in [0.1, 0.15) is 43.0 Å². The van der Waals surface area contributed by atoms with E-state index in [0.29, 0.717) is 6.42 Å². The van der Waals surface area contributed by atoms with E-state index in [0.717, 1.165) is 22.6 Å². The number of carbonyl (C=O) groups is 1. The van der Waals surface area contributed by atoms with Gasteiger partial charge in [0.25, 0.3) is 5.91 Å². The van der Waals surface area contributed by atoms with Gasteiger partial charge >= 0.3 is 0 Å². The van der Waals surface area contributed by atoms with E-state index in [4.69, 9.17) is 9.47 Å². The van der Waals surface area contributed by atoms with Crippen LogP contribution in [0, 0.1) is 13.8 Å². The molecule has 0 aromatic heterocycles. The predicted molar refractivity (Wildman–Crippen MR) is 100 cm³/mol. The van der Waals surface area contributed by atoms with E-state index >= 15 is 0 Å². The summed E-state index contributed by atoms with van der Waals surface area (Å²) in [6.45, 7) is 7.92. The quantitative estimate of drug-likeness (QED) is 0.814. The van der Waals surface area contributed by atoms with Crippen LogP contribution in [-0.2, 0) is 4.79 Å².